The fourth-order valence-corrected chi connectivity index (χ4v) is 6.27. The maximum atomic E-state index is 14.6. The zero-order valence-corrected chi connectivity index (χ0v) is 24.0. The summed E-state index contributed by atoms with van der Waals surface area (Å²) in [6, 6.07) is 5.32. The minimum absolute atomic E-state index is 0.101. The highest BCUT2D eigenvalue weighted by molar-refractivity contribution is 7.20. The number of furan rings is 1. The maximum absolute atomic E-state index is 14.6. The van der Waals surface area contributed by atoms with Crippen LogP contribution in [0, 0.1) is 17.7 Å². The second-order valence-electron chi connectivity index (χ2n) is 9.99. The molecule has 1 unspecified atom stereocenters. The number of ether oxygens (including phenoxy) is 2. The molecular weight excluding hydrogens is 590 g/mol. The molecule has 5 aromatic rings. The van der Waals surface area contributed by atoms with Crippen molar-refractivity contribution in [1.82, 2.24) is 19.5 Å². The summed E-state index contributed by atoms with van der Waals surface area (Å²) in [7, 11) is 1.63. The molecular formula is C29H25ClF2N4O5S. The highest BCUT2D eigenvalue weighted by atomic mass is 35.5. The van der Waals surface area contributed by atoms with E-state index >= 15 is 0 Å². The molecule has 0 amide bonds. The number of carboxylic acids is 1. The number of aromatic carboxylic acids is 1. The first-order chi connectivity index (χ1) is 20.3. The third kappa shape index (κ3) is 5.61. The number of hydrogen-bond acceptors (Lipinski definition) is 8. The zero-order valence-electron chi connectivity index (χ0n) is 22.4. The van der Waals surface area contributed by atoms with Gasteiger partial charge in [0.2, 0.25) is 5.82 Å². The van der Waals surface area contributed by atoms with Gasteiger partial charge in [0.15, 0.2) is 5.82 Å². The molecule has 0 radical (unpaired) electrons. The topological polar surface area (TPSA) is 113 Å². The highest BCUT2D eigenvalue weighted by Crippen LogP contribution is 2.34. The molecule has 1 aliphatic carbocycles. The molecule has 6 rings (SSSR count). The van der Waals surface area contributed by atoms with Crippen LogP contribution in [-0.4, -0.2) is 44.3 Å². The SMILES string of the molecule is COCCn1c(CC2CC=C(c3ncc(F)c(OCc4ccc(Cl)c5cc(F)oc45)n3)CC2)nc2sc(C(=O)O)cc21. The smallest absolute Gasteiger partial charge is 0.346 e. The van der Waals surface area contributed by atoms with Gasteiger partial charge < -0.3 is 23.6 Å². The van der Waals surface area contributed by atoms with Gasteiger partial charge in [-0.2, -0.15) is 13.8 Å². The Morgan fingerprint density at radius 3 is 2.90 bits per heavy atom. The number of hydrogen-bond donors (Lipinski definition) is 1. The van der Waals surface area contributed by atoms with Crippen molar-refractivity contribution < 1.29 is 32.6 Å². The number of allylic oxidation sites excluding steroid dienone is 2. The van der Waals surface area contributed by atoms with Gasteiger partial charge in [0.05, 0.1) is 23.3 Å². The Balaban J connectivity index is 1.15. The number of carboxylic acid groups (broad SMARTS) is 1. The minimum Gasteiger partial charge on any atom is -0.477 e. The average molecular weight is 615 g/mol. The van der Waals surface area contributed by atoms with Gasteiger partial charge in [0.25, 0.3) is 11.9 Å². The summed E-state index contributed by atoms with van der Waals surface area (Å²) in [5.74, 6) is -0.291. The number of imidazole rings is 1. The van der Waals surface area contributed by atoms with E-state index in [1.54, 1.807) is 25.3 Å². The summed E-state index contributed by atoms with van der Waals surface area (Å²) < 4.78 is 46.3. The second-order valence-corrected chi connectivity index (χ2v) is 11.4. The third-order valence-electron chi connectivity index (χ3n) is 7.29. The Hall–Kier alpha value is -3.87. The summed E-state index contributed by atoms with van der Waals surface area (Å²) in [4.78, 5) is 25.7. The van der Waals surface area contributed by atoms with Crippen molar-refractivity contribution in [2.45, 2.75) is 38.8 Å². The quantitative estimate of drug-likeness (QED) is 0.180. The number of thiophene rings is 1. The largest absolute Gasteiger partial charge is 0.477 e. The molecule has 42 heavy (non-hydrogen) atoms. The molecule has 1 aromatic carbocycles. The van der Waals surface area contributed by atoms with E-state index in [-0.39, 0.29) is 22.9 Å². The molecule has 0 spiro atoms. The van der Waals surface area contributed by atoms with Crippen molar-refractivity contribution >= 4 is 55.8 Å². The predicted octanol–water partition coefficient (Wildman–Crippen LogP) is 6.92. The standard InChI is InChI=1S/C29H25ClF2N4O5S/c1-39-9-8-36-21-12-22(29(37)38)42-28(21)34-24(36)10-15-2-4-16(5-3-15)26-33-13-20(31)27(35-26)40-14-17-6-7-19(30)18-11-23(32)41-25(17)18/h4,6-7,11-13,15H,2-3,5,8-10,14H2,1H3,(H,37,38). The molecule has 218 valence electrons. The number of nitrogens with zero attached hydrogens (tertiary/aromatic N) is 4. The monoisotopic (exact) mass is 614 g/mol. The van der Waals surface area contributed by atoms with Crippen LogP contribution in [0.15, 0.2) is 41.0 Å². The lowest BCUT2D eigenvalue weighted by Crippen LogP contribution is -2.15. The molecule has 4 heterocycles. The van der Waals surface area contributed by atoms with Crippen LogP contribution >= 0.6 is 22.9 Å². The Kier molecular flexibility index (Phi) is 7.93. The first kappa shape index (κ1) is 28.3. The van der Waals surface area contributed by atoms with Gasteiger partial charge in [-0.3, -0.25) is 0 Å². The van der Waals surface area contributed by atoms with E-state index in [9.17, 15) is 18.7 Å². The molecule has 0 bridgehead atoms. The molecule has 9 nitrogen and oxygen atoms in total. The first-order valence-corrected chi connectivity index (χ1v) is 14.4. The van der Waals surface area contributed by atoms with Crippen LogP contribution < -0.4 is 4.74 Å². The first-order valence-electron chi connectivity index (χ1n) is 13.2. The van der Waals surface area contributed by atoms with Crippen LogP contribution in [0.3, 0.4) is 0 Å². The van der Waals surface area contributed by atoms with Crippen molar-refractivity contribution in [2.24, 2.45) is 5.92 Å². The summed E-state index contributed by atoms with van der Waals surface area (Å²) >= 11 is 7.29. The Morgan fingerprint density at radius 2 is 2.14 bits per heavy atom. The van der Waals surface area contributed by atoms with Crippen molar-refractivity contribution in [1.29, 1.82) is 0 Å². The van der Waals surface area contributed by atoms with E-state index in [1.165, 1.54) is 17.4 Å². The normalized spacial score (nSPS) is 15.4. The van der Waals surface area contributed by atoms with Crippen LogP contribution in [0.5, 0.6) is 5.88 Å². The predicted molar refractivity (Wildman–Crippen MR) is 153 cm³/mol. The molecule has 1 atom stereocenters. The lowest BCUT2D eigenvalue weighted by Gasteiger charge is -2.22. The number of aromatic nitrogens is 4. The summed E-state index contributed by atoms with van der Waals surface area (Å²) in [6.45, 7) is 0.962. The third-order valence-corrected chi connectivity index (χ3v) is 8.63. The number of fused-ring (bicyclic) bond motifs is 2. The van der Waals surface area contributed by atoms with Gasteiger partial charge in [0, 0.05) is 37.1 Å². The minimum atomic E-state index is -0.963. The van der Waals surface area contributed by atoms with Crippen molar-refractivity contribution in [3.8, 4) is 5.88 Å². The van der Waals surface area contributed by atoms with Gasteiger partial charge in [-0.15, -0.1) is 11.3 Å². The van der Waals surface area contributed by atoms with Gasteiger partial charge in [-0.05, 0) is 42.9 Å². The summed E-state index contributed by atoms with van der Waals surface area (Å²) in [5.41, 5.74) is 2.44. The van der Waals surface area contributed by atoms with Gasteiger partial charge in [-0.25, -0.2) is 14.8 Å². The highest BCUT2D eigenvalue weighted by Gasteiger charge is 2.23. The van der Waals surface area contributed by atoms with Crippen LogP contribution in [0.25, 0.3) is 26.9 Å². The van der Waals surface area contributed by atoms with Crippen LogP contribution in [0.4, 0.5) is 8.78 Å². The number of halogens is 3. The zero-order chi connectivity index (χ0) is 29.4. The maximum Gasteiger partial charge on any atom is 0.346 e. The Labute approximate surface area is 247 Å². The van der Waals surface area contributed by atoms with E-state index in [0.717, 1.165) is 42.4 Å². The van der Waals surface area contributed by atoms with E-state index in [4.69, 9.17) is 30.5 Å². The number of methoxy groups -OCH3 is 1. The molecule has 0 saturated carbocycles. The number of carbonyl (C=O) groups is 1. The van der Waals surface area contributed by atoms with Crippen molar-refractivity contribution in [2.75, 3.05) is 13.7 Å². The summed E-state index contributed by atoms with van der Waals surface area (Å²) in [5, 5.41) is 10.1. The lowest BCUT2D eigenvalue weighted by molar-refractivity contribution is 0.0702. The summed E-state index contributed by atoms with van der Waals surface area (Å²) in [6.07, 6.45) is 6.16. The number of benzene rings is 1. The lowest BCUT2D eigenvalue weighted by atomic mass is 9.87. The van der Waals surface area contributed by atoms with E-state index in [2.05, 4.69) is 16.0 Å². The van der Waals surface area contributed by atoms with Crippen LogP contribution in [0.1, 0.15) is 46.1 Å². The van der Waals surface area contributed by atoms with E-state index < -0.39 is 17.8 Å². The number of rotatable bonds is 10. The van der Waals surface area contributed by atoms with Gasteiger partial charge >= 0.3 is 5.97 Å². The molecule has 1 N–H and O–H groups in total. The van der Waals surface area contributed by atoms with Crippen LogP contribution in [-0.2, 0) is 24.3 Å². The fraction of sp³-hybridized carbons (Fsp3) is 0.310. The molecule has 0 aliphatic heterocycles. The van der Waals surface area contributed by atoms with Crippen molar-refractivity contribution in [3.63, 3.8) is 0 Å². The molecule has 13 heteroatoms. The van der Waals surface area contributed by atoms with Gasteiger partial charge in [-0.1, -0.05) is 23.7 Å². The van der Waals surface area contributed by atoms with E-state index in [1.807, 2.05) is 4.57 Å². The second kappa shape index (κ2) is 11.8. The van der Waals surface area contributed by atoms with E-state index in [0.29, 0.717) is 52.1 Å². The van der Waals surface area contributed by atoms with Crippen LogP contribution in [0.2, 0.25) is 5.02 Å². The fourth-order valence-electron chi connectivity index (χ4n) is 5.17. The van der Waals surface area contributed by atoms with Crippen molar-refractivity contribution in [3.05, 3.63) is 75.5 Å². The Bertz CT molecular complexity index is 1830. The molecule has 1 aliphatic rings. The molecule has 0 saturated heterocycles. The Morgan fingerprint density at radius 1 is 1.29 bits per heavy atom. The van der Waals surface area contributed by atoms with Gasteiger partial charge in [0.1, 0.15) is 27.7 Å². The molecule has 4 aromatic heterocycles. The average Bonchev–Trinajstić information content (AvgIpc) is 3.66. The molecule has 0 fully saturated rings.